The molecule has 7 heteroatoms. The lowest BCUT2D eigenvalue weighted by molar-refractivity contribution is 0.0966. The molecule has 5 rings (SSSR count). The topological polar surface area (TPSA) is 75.2 Å². The fourth-order valence-electron chi connectivity index (χ4n) is 4.60. The van der Waals surface area contributed by atoms with Gasteiger partial charge >= 0.3 is 0 Å². The Bertz CT molecular complexity index is 1190. The van der Waals surface area contributed by atoms with E-state index < -0.39 is 0 Å². The van der Waals surface area contributed by atoms with Crippen LogP contribution < -0.4 is 5.32 Å². The van der Waals surface area contributed by atoms with Gasteiger partial charge in [0.15, 0.2) is 0 Å². The number of benzene rings is 2. The minimum absolute atomic E-state index is 0.0687. The second-order valence-electron chi connectivity index (χ2n) is 8.26. The molecule has 2 aliphatic rings. The molecule has 2 N–H and O–H groups in total. The molecule has 1 fully saturated rings. The summed E-state index contributed by atoms with van der Waals surface area (Å²) in [7, 11) is 0. The van der Waals surface area contributed by atoms with Crippen LogP contribution in [0.3, 0.4) is 0 Å². The van der Waals surface area contributed by atoms with Crippen molar-refractivity contribution in [1.29, 1.82) is 5.26 Å². The molecule has 3 heterocycles. The van der Waals surface area contributed by atoms with Crippen molar-refractivity contribution in [2.45, 2.75) is 19.5 Å². The first-order valence-corrected chi connectivity index (χ1v) is 11.0. The van der Waals surface area contributed by atoms with E-state index in [1.807, 2.05) is 12.1 Å². The number of nitriles is 1. The number of aromatic amines is 1. The average molecular weight is 434 g/mol. The third-order valence-electron chi connectivity index (χ3n) is 6.29. The monoisotopic (exact) mass is 433 g/mol. The molecule has 0 unspecified atom stereocenters. The maximum Gasteiger partial charge on any atom is 0.252 e. The lowest BCUT2D eigenvalue weighted by Crippen LogP contribution is -2.46. The highest BCUT2D eigenvalue weighted by Crippen LogP contribution is 2.34. The van der Waals surface area contributed by atoms with Gasteiger partial charge < -0.3 is 10.3 Å². The van der Waals surface area contributed by atoms with Crippen molar-refractivity contribution in [3.8, 4) is 17.3 Å². The van der Waals surface area contributed by atoms with Gasteiger partial charge in [-0.3, -0.25) is 14.6 Å². The molecule has 2 aliphatic heterocycles. The molecular formula is C24H24ClN5O. The molecule has 1 saturated heterocycles. The number of rotatable bonds is 5. The smallest absolute Gasteiger partial charge is 0.252 e. The normalized spacial score (nSPS) is 17.0. The zero-order chi connectivity index (χ0) is 21.4. The standard InChI is InChI=1S/C24H24ClN5O/c25-20-4-3-18(23-19(20)14-27-24(23)31)22-13-17-12-16(2-5-21(17)28-22)15-30-10-8-29(9-11-30)7-1-6-26/h2-5,12-13,28H,1,7-11,14-15H2,(H,27,31). The van der Waals surface area contributed by atoms with E-state index in [0.717, 1.165) is 67.0 Å². The van der Waals surface area contributed by atoms with Gasteiger partial charge in [0.25, 0.3) is 5.91 Å². The molecule has 0 spiro atoms. The Labute approximate surface area is 186 Å². The van der Waals surface area contributed by atoms with Gasteiger partial charge in [-0.1, -0.05) is 23.7 Å². The molecule has 0 radical (unpaired) electrons. The van der Waals surface area contributed by atoms with E-state index in [9.17, 15) is 4.79 Å². The van der Waals surface area contributed by atoms with E-state index in [0.29, 0.717) is 23.6 Å². The molecule has 6 nitrogen and oxygen atoms in total. The van der Waals surface area contributed by atoms with Crippen molar-refractivity contribution in [2.75, 3.05) is 32.7 Å². The maximum atomic E-state index is 12.4. The van der Waals surface area contributed by atoms with Crippen LogP contribution in [0.15, 0.2) is 36.4 Å². The number of amides is 1. The van der Waals surface area contributed by atoms with Crippen LogP contribution in [0, 0.1) is 11.3 Å². The van der Waals surface area contributed by atoms with E-state index in [1.54, 1.807) is 0 Å². The number of carbonyl (C=O) groups excluding carboxylic acids is 1. The predicted molar refractivity (Wildman–Crippen MR) is 122 cm³/mol. The molecule has 0 bridgehead atoms. The molecule has 0 saturated carbocycles. The molecule has 0 aliphatic carbocycles. The van der Waals surface area contributed by atoms with E-state index in [1.165, 1.54) is 5.56 Å². The third kappa shape index (κ3) is 3.92. The number of hydrogen-bond donors (Lipinski definition) is 2. The quantitative estimate of drug-likeness (QED) is 0.642. The summed E-state index contributed by atoms with van der Waals surface area (Å²) in [6.45, 7) is 6.34. The van der Waals surface area contributed by atoms with Gasteiger partial charge in [0.2, 0.25) is 0 Å². The number of aromatic nitrogens is 1. The van der Waals surface area contributed by atoms with Crippen molar-refractivity contribution in [2.24, 2.45) is 0 Å². The van der Waals surface area contributed by atoms with Crippen LogP contribution in [0.5, 0.6) is 0 Å². The molecular weight excluding hydrogens is 410 g/mol. The van der Waals surface area contributed by atoms with E-state index in [2.05, 4.69) is 50.4 Å². The number of nitrogens with one attached hydrogen (secondary N) is 2. The van der Waals surface area contributed by atoms with Crippen LogP contribution in [-0.2, 0) is 13.1 Å². The van der Waals surface area contributed by atoms with Gasteiger partial charge in [0, 0.05) is 85.0 Å². The molecule has 31 heavy (non-hydrogen) atoms. The molecule has 1 amide bonds. The first kappa shape index (κ1) is 20.1. The predicted octanol–water partition coefficient (Wildman–Crippen LogP) is 3.76. The van der Waals surface area contributed by atoms with Crippen LogP contribution in [-0.4, -0.2) is 53.4 Å². The Hall–Kier alpha value is -2.85. The first-order chi connectivity index (χ1) is 15.1. The van der Waals surface area contributed by atoms with Gasteiger partial charge in [-0.05, 0) is 29.8 Å². The number of fused-ring (bicyclic) bond motifs is 2. The Balaban J connectivity index is 1.35. The summed E-state index contributed by atoms with van der Waals surface area (Å²) in [5.41, 5.74) is 5.71. The van der Waals surface area contributed by atoms with E-state index in [-0.39, 0.29) is 5.91 Å². The van der Waals surface area contributed by atoms with Gasteiger partial charge in [-0.15, -0.1) is 0 Å². The molecule has 1 aromatic heterocycles. The van der Waals surface area contributed by atoms with Crippen molar-refractivity contribution in [3.05, 3.63) is 58.1 Å². The zero-order valence-electron chi connectivity index (χ0n) is 17.2. The summed E-state index contributed by atoms with van der Waals surface area (Å²) in [4.78, 5) is 20.7. The fraction of sp³-hybridized carbons (Fsp3) is 0.333. The fourth-order valence-corrected chi connectivity index (χ4v) is 4.82. The first-order valence-electron chi connectivity index (χ1n) is 10.7. The second kappa shape index (κ2) is 8.35. The molecule has 158 valence electrons. The number of piperazine rings is 1. The summed E-state index contributed by atoms with van der Waals surface area (Å²) in [6, 6.07) is 14.7. The maximum absolute atomic E-state index is 12.4. The van der Waals surface area contributed by atoms with Crippen LogP contribution >= 0.6 is 11.6 Å². The second-order valence-corrected chi connectivity index (χ2v) is 8.67. The highest BCUT2D eigenvalue weighted by molar-refractivity contribution is 6.32. The summed E-state index contributed by atoms with van der Waals surface area (Å²) < 4.78 is 0. The Morgan fingerprint density at radius 3 is 2.68 bits per heavy atom. The van der Waals surface area contributed by atoms with Gasteiger partial charge in [-0.2, -0.15) is 5.26 Å². The lowest BCUT2D eigenvalue weighted by atomic mass is 10.0. The summed E-state index contributed by atoms with van der Waals surface area (Å²) >= 11 is 6.30. The Kier molecular flexibility index (Phi) is 5.41. The minimum Gasteiger partial charge on any atom is -0.355 e. The minimum atomic E-state index is -0.0687. The highest BCUT2D eigenvalue weighted by atomic mass is 35.5. The lowest BCUT2D eigenvalue weighted by Gasteiger charge is -2.34. The van der Waals surface area contributed by atoms with E-state index >= 15 is 0 Å². The number of nitrogens with zero attached hydrogens (tertiary/aromatic N) is 3. The van der Waals surface area contributed by atoms with Crippen LogP contribution in [0.1, 0.15) is 27.9 Å². The molecule has 3 aromatic rings. The third-order valence-corrected chi connectivity index (χ3v) is 6.65. The Morgan fingerprint density at radius 1 is 1.06 bits per heavy atom. The average Bonchev–Trinajstić information content (AvgIpc) is 3.38. The van der Waals surface area contributed by atoms with E-state index in [4.69, 9.17) is 16.9 Å². The molecule has 0 atom stereocenters. The number of carbonyl (C=O) groups is 1. The summed E-state index contributed by atoms with van der Waals surface area (Å²) in [5.74, 6) is -0.0687. The van der Waals surface area contributed by atoms with Crippen molar-refractivity contribution < 1.29 is 4.79 Å². The number of H-pyrrole nitrogens is 1. The van der Waals surface area contributed by atoms with Crippen LogP contribution in [0.25, 0.3) is 22.2 Å². The SMILES string of the molecule is N#CCCN1CCN(Cc2ccc3[nH]c(-c4ccc(Cl)c5c4C(=O)NC5)cc3c2)CC1. The van der Waals surface area contributed by atoms with Gasteiger partial charge in [-0.25, -0.2) is 0 Å². The number of hydrogen-bond acceptors (Lipinski definition) is 4. The van der Waals surface area contributed by atoms with Crippen molar-refractivity contribution in [1.82, 2.24) is 20.1 Å². The van der Waals surface area contributed by atoms with Crippen LogP contribution in [0.4, 0.5) is 0 Å². The van der Waals surface area contributed by atoms with Crippen LogP contribution in [0.2, 0.25) is 5.02 Å². The largest absolute Gasteiger partial charge is 0.355 e. The molecule has 2 aromatic carbocycles. The Morgan fingerprint density at radius 2 is 1.87 bits per heavy atom. The van der Waals surface area contributed by atoms with Gasteiger partial charge in [0.05, 0.1) is 11.6 Å². The van der Waals surface area contributed by atoms with Crippen molar-refractivity contribution in [3.63, 3.8) is 0 Å². The summed E-state index contributed by atoms with van der Waals surface area (Å²) in [5, 5.41) is 13.4. The number of halogens is 1. The van der Waals surface area contributed by atoms with Gasteiger partial charge in [0.1, 0.15) is 0 Å². The zero-order valence-corrected chi connectivity index (χ0v) is 18.0. The summed E-state index contributed by atoms with van der Waals surface area (Å²) in [6.07, 6.45) is 0.602. The highest BCUT2D eigenvalue weighted by Gasteiger charge is 2.26. The van der Waals surface area contributed by atoms with Crippen molar-refractivity contribution >= 4 is 28.4 Å².